The fourth-order valence-electron chi connectivity index (χ4n) is 1.57. The number of alkyl carbamates (subject to hydrolysis) is 1. The number of methoxy groups -OCH3 is 1. The summed E-state index contributed by atoms with van der Waals surface area (Å²) < 4.78 is 11.0. The number of halogens is 2. The second-order valence-electron chi connectivity index (χ2n) is 5.44. The standard InChI is InChI=1S/C14H17I2NO5/c1-14(2,3)22-13(20)17-10(12(19)21-4)7-5-8(15)11(18)9(16)6-7/h5-6,10,18H,1-4H3,(H,17,20)/t10-/m1/s1. The van der Waals surface area contributed by atoms with Gasteiger partial charge in [-0.15, -0.1) is 0 Å². The smallest absolute Gasteiger partial charge is 0.408 e. The fourth-order valence-corrected chi connectivity index (χ4v) is 3.39. The van der Waals surface area contributed by atoms with E-state index < -0.39 is 23.7 Å². The lowest BCUT2D eigenvalue weighted by molar-refractivity contribution is -0.143. The van der Waals surface area contributed by atoms with Crippen LogP contribution in [0.25, 0.3) is 0 Å². The fraction of sp³-hybridized carbons (Fsp3) is 0.429. The summed E-state index contributed by atoms with van der Waals surface area (Å²) in [6.07, 6.45) is -0.721. The van der Waals surface area contributed by atoms with Crippen LogP contribution in [0.2, 0.25) is 0 Å². The Hall–Kier alpha value is -0.780. The molecule has 1 atom stereocenters. The first-order valence-electron chi connectivity index (χ1n) is 6.30. The second-order valence-corrected chi connectivity index (χ2v) is 7.76. The summed E-state index contributed by atoms with van der Waals surface area (Å²) >= 11 is 3.90. The van der Waals surface area contributed by atoms with Gasteiger partial charge in [0.15, 0.2) is 6.04 Å². The molecule has 0 spiro atoms. The number of carbonyl (C=O) groups excluding carboxylic acids is 2. The van der Waals surface area contributed by atoms with E-state index in [2.05, 4.69) is 5.32 Å². The molecule has 0 unspecified atom stereocenters. The largest absolute Gasteiger partial charge is 0.506 e. The van der Waals surface area contributed by atoms with E-state index in [1.807, 2.05) is 45.2 Å². The van der Waals surface area contributed by atoms with Gasteiger partial charge in [0.05, 0.1) is 14.3 Å². The van der Waals surface area contributed by atoms with Crippen LogP contribution in [0.15, 0.2) is 12.1 Å². The highest BCUT2D eigenvalue weighted by atomic mass is 127. The highest BCUT2D eigenvalue weighted by Crippen LogP contribution is 2.30. The number of esters is 1. The van der Waals surface area contributed by atoms with Crippen molar-refractivity contribution in [3.8, 4) is 5.75 Å². The molecule has 0 radical (unpaired) electrons. The van der Waals surface area contributed by atoms with Gasteiger partial charge >= 0.3 is 12.1 Å². The minimum atomic E-state index is -1.01. The molecule has 0 bridgehead atoms. The van der Waals surface area contributed by atoms with Crippen LogP contribution >= 0.6 is 45.2 Å². The molecule has 0 saturated carbocycles. The third kappa shape index (κ3) is 5.45. The van der Waals surface area contributed by atoms with E-state index in [-0.39, 0.29) is 5.75 Å². The topological polar surface area (TPSA) is 84.9 Å². The van der Waals surface area contributed by atoms with Crippen molar-refractivity contribution in [3.05, 3.63) is 24.8 Å². The molecule has 0 fully saturated rings. The number of hydrogen-bond donors (Lipinski definition) is 2. The monoisotopic (exact) mass is 533 g/mol. The van der Waals surface area contributed by atoms with Gasteiger partial charge in [0, 0.05) is 0 Å². The first kappa shape index (κ1) is 19.3. The summed E-state index contributed by atoms with van der Waals surface area (Å²) in [5.74, 6) is -0.492. The molecule has 2 N–H and O–H groups in total. The van der Waals surface area contributed by atoms with Crippen LogP contribution < -0.4 is 5.32 Å². The number of benzene rings is 1. The van der Waals surface area contributed by atoms with Crippen molar-refractivity contribution in [3.63, 3.8) is 0 Å². The van der Waals surface area contributed by atoms with Crippen LogP contribution in [0.3, 0.4) is 0 Å². The van der Waals surface area contributed by atoms with E-state index in [1.54, 1.807) is 32.9 Å². The molecule has 8 heteroatoms. The summed E-state index contributed by atoms with van der Waals surface area (Å²) in [7, 11) is 1.24. The molecule has 122 valence electrons. The Kier molecular flexibility index (Phi) is 6.71. The number of carbonyl (C=O) groups is 2. The third-order valence-electron chi connectivity index (χ3n) is 2.47. The van der Waals surface area contributed by atoms with Crippen molar-refractivity contribution in [1.82, 2.24) is 5.32 Å². The van der Waals surface area contributed by atoms with Crippen molar-refractivity contribution >= 4 is 57.2 Å². The van der Waals surface area contributed by atoms with Gasteiger partial charge in [-0.2, -0.15) is 0 Å². The molecule has 22 heavy (non-hydrogen) atoms. The minimum absolute atomic E-state index is 0.130. The molecule has 0 heterocycles. The summed E-state index contributed by atoms with van der Waals surface area (Å²) in [6.45, 7) is 5.19. The van der Waals surface area contributed by atoms with Crippen LogP contribution in [0.4, 0.5) is 4.79 Å². The highest BCUT2D eigenvalue weighted by molar-refractivity contribution is 14.1. The number of nitrogens with one attached hydrogen (secondary N) is 1. The van der Waals surface area contributed by atoms with Crippen molar-refractivity contribution in [2.24, 2.45) is 0 Å². The van der Waals surface area contributed by atoms with Crippen LogP contribution in [0, 0.1) is 7.14 Å². The summed E-state index contributed by atoms with van der Waals surface area (Å²) in [5, 5.41) is 12.3. The van der Waals surface area contributed by atoms with Crippen LogP contribution in [0.1, 0.15) is 32.4 Å². The van der Waals surface area contributed by atoms with Gasteiger partial charge in [-0.3, -0.25) is 0 Å². The summed E-state index contributed by atoms with van der Waals surface area (Å²) in [5.41, 5.74) is -0.174. The number of phenolic OH excluding ortho intramolecular Hbond substituents is 1. The third-order valence-corrected chi connectivity index (χ3v) is 4.12. The Balaban J connectivity index is 3.09. The lowest BCUT2D eigenvalue weighted by Crippen LogP contribution is -2.38. The zero-order valence-corrected chi connectivity index (χ0v) is 16.9. The van der Waals surface area contributed by atoms with Gasteiger partial charge in [-0.1, -0.05) is 0 Å². The maximum absolute atomic E-state index is 12.0. The predicted octanol–water partition coefficient (Wildman–Crippen LogP) is 3.34. The van der Waals surface area contributed by atoms with E-state index in [0.717, 1.165) is 0 Å². The Labute approximate surface area is 156 Å². The molecule has 1 aromatic rings. The first-order valence-corrected chi connectivity index (χ1v) is 8.46. The summed E-state index contributed by atoms with van der Waals surface area (Å²) in [6, 6.07) is 2.20. The number of amides is 1. The molecule has 0 aliphatic heterocycles. The molecule has 1 rings (SSSR count). The molecule has 1 aromatic carbocycles. The molecular formula is C14H17I2NO5. The minimum Gasteiger partial charge on any atom is -0.506 e. The Morgan fingerprint density at radius 1 is 1.23 bits per heavy atom. The SMILES string of the molecule is COC(=O)[C@H](NC(=O)OC(C)(C)C)c1cc(I)c(O)c(I)c1. The number of ether oxygens (including phenoxy) is 2. The van der Waals surface area contributed by atoms with E-state index >= 15 is 0 Å². The van der Waals surface area contributed by atoms with E-state index in [1.165, 1.54) is 7.11 Å². The van der Waals surface area contributed by atoms with Gasteiger partial charge in [0.2, 0.25) is 0 Å². The Morgan fingerprint density at radius 2 is 1.73 bits per heavy atom. The van der Waals surface area contributed by atoms with Gasteiger partial charge in [-0.05, 0) is 83.6 Å². The van der Waals surface area contributed by atoms with Gasteiger partial charge in [0.1, 0.15) is 11.4 Å². The quantitative estimate of drug-likeness (QED) is 0.461. The number of rotatable bonds is 3. The normalized spacial score (nSPS) is 12.5. The zero-order chi connectivity index (χ0) is 17.1. The number of hydrogen-bond acceptors (Lipinski definition) is 5. The van der Waals surface area contributed by atoms with Crippen molar-refractivity contribution in [1.29, 1.82) is 0 Å². The zero-order valence-electron chi connectivity index (χ0n) is 12.6. The average molecular weight is 533 g/mol. The lowest BCUT2D eigenvalue weighted by Gasteiger charge is -2.23. The van der Waals surface area contributed by atoms with Crippen LogP contribution in [-0.4, -0.2) is 29.9 Å². The molecule has 0 aromatic heterocycles. The average Bonchev–Trinajstić information content (AvgIpc) is 2.38. The molecule has 0 saturated heterocycles. The molecule has 0 aliphatic rings. The van der Waals surface area contributed by atoms with Crippen molar-refractivity contribution in [2.75, 3.05) is 7.11 Å². The van der Waals surface area contributed by atoms with Gasteiger partial charge in [0.25, 0.3) is 0 Å². The number of aromatic hydroxyl groups is 1. The second kappa shape index (κ2) is 7.66. The van der Waals surface area contributed by atoms with Crippen LogP contribution in [0.5, 0.6) is 5.75 Å². The maximum atomic E-state index is 12.0. The maximum Gasteiger partial charge on any atom is 0.408 e. The first-order chi connectivity index (χ1) is 10.0. The summed E-state index contributed by atoms with van der Waals surface area (Å²) in [4.78, 5) is 23.9. The van der Waals surface area contributed by atoms with Crippen molar-refractivity contribution < 1.29 is 24.2 Å². The molecule has 1 amide bonds. The predicted molar refractivity (Wildman–Crippen MR) is 97.7 cm³/mol. The van der Waals surface area contributed by atoms with Crippen molar-refractivity contribution in [2.45, 2.75) is 32.4 Å². The van der Waals surface area contributed by atoms with Crippen LogP contribution in [-0.2, 0) is 14.3 Å². The van der Waals surface area contributed by atoms with E-state index in [4.69, 9.17) is 9.47 Å². The molecule has 0 aliphatic carbocycles. The Bertz CT molecular complexity index is 560. The molecule has 6 nitrogen and oxygen atoms in total. The van der Waals surface area contributed by atoms with Gasteiger partial charge < -0.3 is 19.9 Å². The molecular weight excluding hydrogens is 516 g/mol. The van der Waals surface area contributed by atoms with E-state index in [0.29, 0.717) is 12.7 Å². The lowest BCUT2D eigenvalue weighted by atomic mass is 10.1. The Morgan fingerprint density at radius 3 is 2.14 bits per heavy atom. The van der Waals surface area contributed by atoms with E-state index in [9.17, 15) is 14.7 Å². The number of phenols is 1. The highest BCUT2D eigenvalue weighted by Gasteiger charge is 2.27. The van der Waals surface area contributed by atoms with Gasteiger partial charge in [-0.25, -0.2) is 9.59 Å².